The highest BCUT2D eigenvalue weighted by Gasteiger charge is 2.22. The van der Waals surface area contributed by atoms with Crippen LogP contribution in [-0.4, -0.2) is 37.1 Å². The lowest BCUT2D eigenvalue weighted by atomic mass is 10.1. The Balaban J connectivity index is 1.42. The number of carbonyl (C=O) groups excluding carboxylic acids is 2. The van der Waals surface area contributed by atoms with Crippen LogP contribution in [0.4, 0.5) is 10.8 Å². The lowest BCUT2D eigenvalue weighted by molar-refractivity contribution is -0.123. The number of esters is 1. The van der Waals surface area contributed by atoms with Gasteiger partial charge in [-0.3, -0.25) is 4.79 Å². The molecule has 0 aliphatic carbocycles. The maximum Gasteiger partial charge on any atom is 0.349 e. The fourth-order valence-corrected chi connectivity index (χ4v) is 4.82. The van der Waals surface area contributed by atoms with Crippen LogP contribution in [0.3, 0.4) is 0 Å². The largest absolute Gasteiger partial charge is 0.448 e. The third-order valence-electron chi connectivity index (χ3n) is 4.33. The molecule has 0 radical (unpaired) electrons. The van der Waals surface area contributed by atoms with E-state index < -0.39 is 12.1 Å². The molecule has 8 heteroatoms. The Kier molecular flexibility index (Phi) is 5.21. The predicted molar refractivity (Wildman–Crippen MR) is 119 cm³/mol. The Hall–Kier alpha value is -2.97. The summed E-state index contributed by atoms with van der Waals surface area (Å²) in [7, 11) is 3.85. The molecule has 0 aliphatic rings. The number of hydrogen-bond acceptors (Lipinski definition) is 7. The van der Waals surface area contributed by atoms with Crippen molar-refractivity contribution in [3.63, 3.8) is 0 Å². The van der Waals surface area contributed by atoms with E-state index in [1.165, 1.54) is 22.7 Å². The van der Waals surface area contributed by atoms with Crippen molar-refractivity contribution in [2.75, 3.05) is 24.3 Å². The van der Waals surface area contributed by atoms with Crippen molar-refractivity contribution in [3.05, 3.63) is 53.4 Å². The SMILES string of the molecule is CC(OC(=O)c1cc2sc(N(C)C)nc2s1)C(=O)Nc1ccc2ccccc2c1. The number of aromatic nitrogens is 1. The molecule has 1 atom stereocenters. The van der Waals surface area contributed by atoms with Crippen LogP contribution in [0.5, 0.6) is 0 Å². The van der Waals surface area contributed by atoms with Crippen molar-refractivity contribution in [2.24, 2.45) is 0 Å². The second-order valence-electron chi connectivity index (χ2n) is 6.77. The first-order valence-electron chi connectivity index (χ1n) is 8.99. The smallest absolute Gasteiger partial charge is 0.349 e. The summed E-state index contributed by atoms with van der Waals surface area (Å²) in [4.78, 5) is 32.5. The van der Waals surface area contributed by atoms with Crippen LogP contribution in [0.2, 0.25) is 0 Å². The maximum absolute atomic E-state index is 12.5. The molecule has 1 amide bonds. The van der Waals surface area contributed by atoms with Gasteiger partial charge in [0.15, 0.2) is 11.2 Å². The number of nitrogens with zero attached hydrogens (tertiary/aromatic N) is 2. The average Bonchev–Trinajstić information content (AvgIpc) is 3.27. The minimum atomic E-state index is -0.917. The molecule has 4 rings (SSSR count). The van der Waals surface area contributed by atoms with E-state index in [2.05, 4.69) is 10.3 Å². The highest BCUT2D eigenvalue weighted by atomic mass is 32.1. The monoisotopic (exact) mass is 425 g/mol. The lowest BCUT2D eigenvalue weighted by Gasteiger charge is -2.13. The number of hydrogen-bond donors (Lipinski definition) is 1. The Labute approximate surface area is 175 Å². The number of ether oxygens (including phenoxy) is 1. The van der Waals surface area contributed by atoms with Gasteiger partial charge in [-0.1, -0.05) is 41.7 Å². The molecule has 2 aromatic heterocycles. The standard InChI is InChI=1S/C21H19N3O3S2/c1-12(18(25)22-15-9-8-13-6-4-5-7-14(13)10-15)27-20(26)17-11-16-19(28-17)23-21(29-16)24(2)3/h4-12H,1-3H3,(H,22,25). The molecule has 1 unspecified atom stereocenters. The van der Waals surface area contributed by atoms with Gasteiger partial charge >= 0.3 is 5.97 Å². The number of nitrogens with one attached hydrogen (secondary N) is 1. The van der Waals surface area contributed by atoms with Crippen LogP contribution in [0.1, 0.15) is 16.6 Å². The van der Waals surface area contributed by atoms with E-state index in [1.54, 1.807) is 13.0 Å². The van der Waals surface area contributed by atoms with Crippen molar-refractivity contribution in [2.45, 2.75) is 13.0 Å². The fourth-order valence-electron chi connectivity index (χ4n) is 2.80. The van der Waals surface area contributed by atoms with Crippen LogP contribution in [-0.2, 0) is 9.53 Å². The van der Waals surface area contributed by atoms with E-state index >= 15 is 0 Å². The number of thiophene rings is 1. The molecular weight excluding hydrogens is 406 g/mol. The van der Waals surface area contributed by atoms with Gasteiger partial charge < -0.3 is 15.0 Å². The van der Waals surface area contributed by atoms with Gasteiger partial charge in [-0.2, -0.15) is 0 Å². The summed E-state index contributed by atoms with van der Waals surface area (Å²) < 4.78 is 6.29. The average molecular weight is 426 g/mol. The second-order valence-corrected chi connectivity index (χ2v) is 8.81. The summed E-state index contributed by atoms with van der Waals surface area (Å²) in [5.41, 5.74) is 0.661. The van der Waals surface area contributed by atoms with E-state index in [0.29, 0.717) is 10.6 Å². The molecule has 0 saturated heterocycles. The van der Waals surface area contributed by atoms with Crippen LogP contribution >= 0.6 is 22.7 Å². The van der Waals surface area contributed by atoms with Gasteiger partial charge in [0, 0.05) is 19.8 Å². The zero-order chi connectivity index (χ0) is 20.5. The molecule has 4 aromatic rings. The molecule has 2 aromatic carbocycles. The van der Waals surface area contributed by atoms with Gasteiger partial charge in [-0.15, -0.1) is 11.3 Å². The van der Waals surface area contributed by atoms with Crippen molar-refractivity contribution < 1.29 is 14.3 Å². The summed E-state index contributed by atoms with van der Waals surface area (Å²) in [6.45, 7) is 1.56. The maximum atomic E-state index is 12.5. The summed E-state index contributed by atoms with van der Waals surface area (Å²) in [5.74, 6) is -0.896. The molecule has 0 saturated carbocycles. The van der Waals surface area contributed by atoms with Crippen molar-refractivity contribution in [3.8, 4) is 0 Å². The molecule has 0 fully saturated rings. The molecule has 2 heterocycles. The summed E-state index contributed by atoms with van der Waals surface area (Å²) in [6, 6.07) is 15.3. The number of thiazole rings is 1. The minimum Gasteiger partial charge on any atom is -0.448 e. The molecule has 148 valence electrons. The first-order chi connectivity index (χ1) is 13.9. The van der Waals surface area contributed by atoms with E-state index in [0.717, 1.165) is 25.4 Å². The number of amides is 1. The second kappa shape index (κ2) is 7.81. The van der Waals surface area contributed by atoms with Crippen LogP contribution in [0.15, 0.2) is 48.5 Å². The molecule has 29 heavy (non-hydrogen) atoms. The van der Waals surface area contributed by atoms with Crippen molar-refractivity contribution in [1.29, 1.82) is 0 Å². The Bertz CT molecular complexity index is 1180. The third-order valence-corrected chi connectivity index (χ3v) is 6.64. The molecule has 0 spiro atoms. The van der Waals surface area contributed by atoms with E-state index in [1.807, 2.05) is 61.5 Å². The number of fused-ring (bicyclic) bond motifs is 2. The normalized spacial score (nSPS) is 12.1. The van der Waals surface area contributed by atoms with Gasteiger partial charge in [0.2, 0.25) is 0 Å². The zero-order valence-corrected chi connectivity index (χ0v) is 17.8. The third kappa shape index (κ3) is 4.08. The van der Waals surface area contributed by atoms with Gasteiger partial charge in [0.1, 0.15) is 9.71 Å². The van der Waals surface area contributed by atoms with Crippen molar-refractivity contribution in [1.82, 2.24) is 4.98 Å². The summed E-state index contributed by atoms with van der Waals surface area (Å²) in [6.07, 6.45) is -0.917. The summed E-state index contributed by atoms with van der Waals surface area (Å²) in [5, 5.41) is 5.80. The van der Waals surface area contributed by atoms with Crippen LogP contribution in [0, 0.1) is 0 Å². The number of anilines is 2. The highest BCUT2D eigenvalue weighted by Crippen LogP contribution is 2.34. The van der Waals surface area contributed by atoms with Crippen LogP contribution < -0.4 is 10.2 Å². The Morgan fingerprint density at radius 3 is 2.55 bits per heavy atom. The number of carbonyl (C=O) groups is 2. The quantitative estimate of drug-likeness (QED) is 0.467. The van der Waals surface area contributed by atoms with E-state index in [-0.39, 0.29) is 5.91 Å². The molecule has 6 nitrogen and oxygen atoms in total. The van der Waals surface area contributed by atoms with Gasteiger partial charge in [-0.25, -0.2) is 9.78 Å². The Morgan fingerprint density at radius 2 is 1.83 bits per heavy atom. The fraction of sp³-hybridized carbons (Fsp3) is 0.190. The molecule has 0 aliphatic heterocycles. The highest BCUT2D eigenvalue weighted by molar-refractivity contribution is 7.29. The number of rotatable bonds is 5. The van der Waals surface area contributed by atoms with Crippen LogP contribution in [0.25, 0.3) is 20.3 Å². The first-order valence-corrected chi connectivity index (χ1v) is 10.6. The van der Waals surface area contributed by atoms with Gasteiger partial charge in [0.25, 0.3) is 5.91 Å². The topological polar surface area (TPSA) is 71.5 Å². The predicted octanol–water partition coefficient (Wildman–Crippen LogP) is 4.76. The van der Waals surface area contributed by atoms with E-state index in [4.69, 9.17) is 4.74 Å². The lowest BCUT2D eigenvalue weighted by Crippen LogP contribution is -2.29. The van der Waals surface area contributed by atoms with E-state index in [9.17, 15) is 9.59 Å². The van der Waals surface area contributed by atoms with Crippen molar-refractivity contribution >= 4 is 65.7 Å². The molecular formula is C21H19N3O3S2. The first kappa shape index (κ1) is 19.4. The Morgan fingerprint density at radius 1 is 1.07 bits per heavy atom. The molecule has 0 bridgehead atoms. The zero-order valence-electron chi connectivity index (χ0n) is 16.1. The molecule has 1 N–H and O–H groups in total. The van der Waals surface area contributed by atoms with Gasteiger partial charge in [0.05, 0.1) is 4.70 Å². The van der Waals surface area contributed by atoms with Gasteiger partial charge in [-0.05, 0) is 35.9 Å². The minimum absolute atomic E-state index is 0.375. The number of benzene rings is 2. The summed E-state index contributed by atoms with van der Waals surface area (Å²) >= 11 is 2.78.